The molecule has 5 nitrogen and oxygen atoms in total. The van der Waals surface area contributed by atoms with E-state index in [2.05, 4.69) is 9.97 Å². The minimum Gasteiger partial charge on any atom is -0.451 e. The molecule has 4 aromatic rings. The van der Waals surface area contributed by atoms with Crippen LogP contribution in [0.3, 0.4) is 0 Å². The highest BCUT2D eigenvalue weighted by Crippen LogP contribution is 2.21. The number of fused-ring (bicyclic) bond motifs is 1. The van der Waals surface area contributed by atoms with E-state index in [1.54, 1.807) is 18.2 Å². The van der Waals surface area contributed by atoms with Crippen LogP contribution in [0.4, 0.5) is 4.39 Å². The Balaban J connectivity index is 1.44. The van der Waals surface area contributed by atoms with Gasteiger partial charge in [0.1, 0.15) is 11.5 Å². The van der Waals surface area contributed by atoms with Crippen molar-refractivity contribution < 1.29 is 18.3 Å². The summed E-state index contributed by atoms with van der Waals surface area (Å²) in [5.74, 6) is -0.0612. The van der Waals surface area contributed by atoms with Crippen LogP contribution in [0.5, 0.6) is 0 Å². The van der Waals surface area contributed by atoms with Gasteiger partial charge in [-0.25, -0.2) is 14.2 Å². The second kappa shape index (κ2) is 6.24. The molecule has 4 rings (SSSR count). The number of H-pyrrole nitrogens is 1. The SMILES string of the molecule is O=C(OCc1ncc(-c2ccc(F)cc2)o1)c1cc2ccccc2[nH]1. The summed E-state index contributed by atoms with van der Waals surface area (Å²) in [6.07, 6.45) is 1.51. The molecule has 0 fully saturated rings. The van der Waals surface area contributed by atoms with Crippen LogP contribution >= 0.6 is 0 Å². The Morgan fingerprint density at radius 3 is 2.76 bits per heavy atom. The number of halogens is 1. The van der Waals surface area contributed by atoms with Crippen LogP contribution in [-0.4, -0.2) is 15.9 Å². The van der Waals surface area contributed by atoms with E-state index in [-0.39, 0.29) is 18.3 Å². The van der Waals surface area contributed by atoms with Gasteiger partial charge in [-0.3, -0.25) is 0 Å². The Bertz CT molecular complexity index is 1000. The molecular weight excluding hydrogens is 323 g/mol. The third-order valence-electron chi connectivity index (χ3n) is 3.76. The molecule has 0 spiro atoms. The summed E-state index contributed by atoms with van der Waals surface area (Å²) in [7, 11) is 0. The molecule has 124 valence electrons. The second-order valence-corrected chi connectivity index (χ2v) is 5.47. The highest BCUT2D eigenvalue weighted by atomic mass is 19.1. The van der Waals surface area contributed by atoms with E-state index in [0.717, 1.165) is 10.9 Å². The summed E-state index contributed by atoms with van der Waals surface area (Å²) in [6, 6.07) is 15.2. The lowest BCUT2D eigenvalue weighted by atomic mass is 10.2. The number of benzene rings is 2. The van der Waals surface area contributed by atoms with Crippen LogP contribution < -0.4 is 0 Å². The van der Waals surface area contributed by atoms with E-state index in [4.69, 9.17) is 9.15 Å². The molecule has 0 atom stereocenters. The van der Waals surface area contributed by atoms with Gasteiger partial charge in [-0.05, 0) is 36.4 Å². The first-order valence-corrected chi connectivity index (χ1v) is 7.64. The van der Waals surface area contributed by atoms with E-state index < -0.39 is 5.97 Å². The van der Waals surface area contributed by atoms with Crippen molar-refractivity contribution in [1.82, 2.24) is 9.97 Å². The Morgan fingerprint density at radius 1 is 1.16 bits per heavy atom. The third kappa shape index (κ3) is 3.14. The number of nitrogens with zero attached hydrogens (tertiary/aromatic N) is 1. The zero-order valence-electron chi connectivity index (χ0n) is 13.0. The van der Waals surface area contributed by atoms with Crippen molar-refractivity contribution in [2.75, 3.05) is 0 Å². The maximum Gasteiger partial charge on any atom is 0.355 e. The van der Waals surface area contributed by atoms with Crippen LogP contribution in [0.1, 0.15) is 16.4 Å². The molecule has 0 aliphatic carbocycles. The molecule has 0 saturated carbocycles. The lowest BCUT2D eigenvalue weighted by molar-refractivity contribution is 0.0433. The van der Waals surface area contributed by atoms with Gasteiger partial charge < -0.3 is 14.1 Å². The normalized spacial score (nSPS) is 10.9. The summed E-state index contributed by atoms with van der Waals surface area (Å²) in [5, 5.41) is 0.934. The Kier molecular flexibility index (Phi) is 3.78. The van der Waals surface area contributed by atoms with Crippen LogP contribution in [-0.2, 0) is 11.3 Å². The van der Waals surface area contributed by atoms with E-state index >= 15 is 0 Å². The van der Waals surface area contributed by atoms with E-state index in [1.807, 2.05) is 24.3 Å². The first-order chi connectivity index (χ1) is 12.2. The van der Waals surface area contributed by atoms with Crippen molar-refractivity contribution in [3.05, 3.63) is 78.2 Å². The summed E-state index contributed by atoms with van der Waals surface area (Å²) >= 11 is 0. The summed E-state index contributed by atoms with van der Waals surface area (Å²) in [4.78, 5) is 19.2. The van der Waals surface area contributed by atoms with Crippen molar-refractivity contribution in [3.8, 4) is 11.3 Å². The van der Waals surface area contributed by atoms with Crippen molar-refractivity contribution in [1.29, 1.82) is 0 Å². The van der Waals surface area contributed by atoms with Gasteiger partial charge in [-0.15, -0.1) is 0 Å². The number of aromatic nitrogens is 2. The standard InChI is InChI=1S/C19H13FN2O3/c20-14-7-5-12(6-8-14)17-10-21-18(25-17)11-24-19(23)16-9-13-3-1-2-4-15(13)22-16/h1-10,22H,11H2. The van der Waals surface area contributed by atoms with E-state index in [9.17, 15) is 9.18 Å². The number of ether oxygens (including phenoxy) is 1. The molecule has 0 radical (unpaired) electrons. The van der Waals surface area contributed by atoms with Gasteiger partial charge in [-0.1, -0.05) is 18.2 Å². The second-order valence-electron chi connectivity index (χ2n) is 5.47. The first-order valence-electron chi connectivity index (χ1n) is 7.64. The van der Waals surface area contributed by atoms with Crippen LogP contribution in [0, 0.1) is 5.82 Å². The van der Waals surface area contributed by atoms with Crippen LogP contribution in [0.15, 0.2) is 65.2 Å². The fourth-order valence-corrected chi connectivity index (χ4v) is 2.51. The number of oxazole rings is 1. The van der Waals surface area contributed by atoms with Gasteiger partial charge in [0, 0.05) is 16.5 Å². The number of carbonyl (C=O) groups excluding carboxylic acids is 1. The van der Waals surface area contributed by atoms with Gasteiger partial charge in [-0.2, -0.15) is 0 Å². The molecule has 2 heterocycles. The molecule has 2 aromatic heterocycles. The molecule has 1 N–H and O–H groups in total. The van der Waals surface area contributed by atoms with Gasteiger partial charge >= 0.3 is 5.97 Å². The molecule has 0 aliphatic rings. The number of carbonyl (C=O) groups is 1. The number of para-hydroxylation sites is 1. The summed E-state index contributed by atoms with van der Waals surface area (Å²) < 4.78 is 23.7. The zero-order chi connectivity index (χ0) is 17.2. The first kappa shape index (κ1) is 15.1. The maximum atomic E-state index is 12.9. The largest absolute Gasteiger partial charge is 0.451 e. The molecule has 0 aliphatic heterocycles. The van der Waals surface area contributed by atoms with Crippen molar-refractivity contribution in [2.24, 2.45) is 0 Å². The molecule has 0 saturated heterocycles. The fraction of sp³-hybridized carbons (Fsp3) is 0.0526. The predicted octanol–water partition coefficient (Wildman–Crippen LogP) is 4.32. The number of hydrogen-bond donors (Lipinski definition) is 1. The molecule has 2 aromatic carbocycles. The predicted molar refractivity (Wildman–Crippen MR) is 89.3 cm³/mol. The van der Waals surface area contributed by atoms with Crippen molar-refractivity contribution >= 4 is 16.9 Å². The van der Waals surface area contributed by atoms with Gasteiger partial charge in [0.2, 0.25) is 5.89 Å². The number of hydrogen-bond acceptors (Lipinski definition) is 4. The van der Waals surface area contributed by atoms with Gasteiger partial charge in [0.15, 0.2) is 12.4 Å². The van der Waals surface area contributed by atoms with Crippen molar-refractivity contribution in [3.63, 3.8) is 0 Å². The quantitative estimate of drug-likeness (QED) is 0.564. The Hall–Kier alpha value is -3.41. The molecule has 0 unspecified atom stereocenters. The molecular formula is C19H13FN2O3. The number of nitrogens with one attached hydrogen (secondary N) is 1. The topological polar surface area (TPSA) is 68.1 Å². The number of esters is 1. The number of aromatic amines is 1. The highest BCUT2D eigenvalue weighted by Gasteiger charge is 2.13. The van der Waals surface area contributed by atoms with Gasteiger partial charge in [0.05, 0.1) is 6.20 Å². The van der Waals surface area contributed by atoms with Crippen LogP contribution in [0.25, 0.3) is 22.2 Å². The molecule has 0 bridgehead atoms. The lowest BCUT2D eigenvalue weighted by Crippen LogP contribution is -2.05. The lowest BCUT2D eigenvalue weighted by Gasteiger charge is -2.00. The average molecular weight is 336 g/mol. The van der Waals surface area contributed by atoms with E-state index in [0.29, 0.717) is 17.0 Å². The minimum absolute atomic E-state index is 0.0879. The molecule has 6 heteroatoms. The number of rotatable bonds is 4. The van der Waals surface area contributed by atoms with Crippen LogP contribution in [0.2, 0.25) is 0 Å². The fourth-order valence-electron chi connectivity index (χ4n) is 2.51. The minimum atomic E-state index is -0.488. The smallest absolute Gasteiger partial charge is 0.355 e. The van der Waals surface area contributed by atoms with Gasteiger partial charge in [0.25, 0.3) is 0 Å². The maximum absolute atomic E-state index is 12.9. The summed E-state index contributed by atoms with van der Waals surface area (Å²) in [6.45, 7) is -0.0879. The van der Waals surface area contributed by atoms with E-state index in [1.165, 1.54) is 18.3 Å². The third-order valence-corrected chi connectivity index (χ3v) is 3.76. The molecule has 0 amide bonds. The molecule has 25 heavy (non-hydrogen) atoms. The highest BCUT2D eigenvalue weighted by molar-refractivity contribution is 5.94. The monoisotopic (exact) mass is 336 g/mol. The Morgan fingerprint density at radius 2 is 1.96 bits per heavy atom. The zero-order valence-corrected chi connectivity index (χ0v) is 13.0. The average Bonchev–Trinajstić information content (AvgIpc) is 3.27. The van der Waals surface area contributed by atoms with Crippen molar-refractivity contribution in [2.45, 2.75) is 6.61 Å². The Labute approximate surface area is 142 Å². The summed E-state index contributed by atoms with van der Waals surface area (Å²) in [5.41, 5.74) is 1.93.